The van der Waals surface area contributed by atoms with Gasteiger partial charge in [-0.05, 0) is 75.5 Å². The van der Waals surface area contributed by atoms with Crippen LogP contribution >= 0.6 is 0 Å². The normalized spacial score (nSPS) is 11.7. The zero-order chi connectivity index (χ0) is 35.6. The maximum absolute atomic E-state index is 6.56. The Morgan fingerprint density at radius 3 is 1.80 bits per heavy atom. The van der Waals surface area contributed by atoms with Gasteiger partial charge in [-0.1, -0.05) is 133 Å². The number of benzene rings is 8. The van der Waals surface area contributed by atoms with Gasteiger partial charge >= 0.3 is 0 Å². The second kappa shape index (κ2) is 12.1. The quantitative estimate of drug-likeness (QED) is 0.180. The van der Waals surface area contributed by atoms with Gasteiger partial charge < -0.3 is 8.83 Å². The number of fused-ring (bicyclic) bond motifs is 7. The fraction of sp³-hybridized carbons (Fsp3) is 0. The van der Waals surface area contributed by atoms with Crippen LogP contribution in [0.25, 0.3) is 111 Å². The first-order valence-corrected chi connectivity index (χ1v) is 18.0. The molecule has 252 valence electrons. The van der Waals surface area contributed by atoms with E-state index in [0.29, 0.717) is 17.5 Å². The van der Waals surface area contributed by atoms with Crippen molar-refractivity contribution in [3.8, 4) is 56.4 Å². The molecular formula is C49H29N3O2. The Labute approximate surface area is 309 Å². The molecule has 5 nitrogen and oxygen atoms in total. The molecule has 0 aliphatic heterocycles. The van der Waals surface area contributed by atoms with Crippen molar-refractivity contribution in [2.75, 3.05) is 0 Å². The predicted molar refractivity (Wildman–Crippen MR) is 219 cm³/mol. The second-order valence-corrected chi connectivity index (χ2v) is 13.6. The van der Waals surface area contributed by atoms with Crippen molar-refractivity contribution in [3.05, 3.63) is 176 Å². The van der Waals surface area contributed by atoms with Crippen molar-refractivity contribution in [2.24, 2.45) is 0 Å². The molecule has 54 heavy (non-hydrogen) atoms. The Balaban J connectivity index is 1.06. The maximum atomic E-state index is 6.56. The van der Waals surface area contributed by atoms with E-state index in [4.69, 9.17) is 23.8 Å². The van der Waals surface area contributed by atoms with Crippen LogP contribution in [0, 0.1) is 0 Å². The Hall–Kier alpha value is -7.37. The molecule has 5 heteroatoms. The van der Waals surface area contributed by atoms with E-state index in [2.05, 4.69) is 133 Å². The minimum absolute atomic E-state index is 0.588. The summed E-state index contributed by atoms with van der Waals surface area (Å²) in [5, 5.41) is 6.47. The third kappa shape index (κ3) is 5.06. The molecule has 0 saturated carbocycles. The second-order valence-electron chi connectivity index (χ2n) is 13.6. The number of rotatable bonds is 5. The number of aromatic nitrogens is 3. The van der Waals surface area contributed by atoms with Gasteiger partial charge in [-0.2, -0.15) is 0 Å². The molecule has 0 unspecified atom stereocenters. The predicted octanol–water partition coefficient (Wildman–Crippen LogP) is 13.2. The first kappa shape index (κ1) is 30.3. The van der Waals surface area contributed by atoms with E-state index in [1.165, 1.54) is 5.39 Å². The molecule has 0 atom stereocenters. The summed E-state index contributed by atoms with van der Waals surface area (Å²) in [4.78, 5) is 15.4. The van der Waals surface area contributed by atoms with E-state index in [-0.39, 0.29) is 0 Å². The van der Waals surface area contributed by atoms with Crippen molar-refractivity contribution in [2.45, 2.75) is 0 Å². The van der Waals surface area contributed by atoms with Gasteiger partial charge in [-0.15, -0.1) is 0 Å². The van der Waals surface area contributed by atoms with E-state index in [1.807, 2.05) is 42.5 Å². The fourth-order valence-electron chi connectivity index (χ4n) is 7.62. The molecular weight excluding hydrogens is 663 g/mol. The summed E-state index contributed by atoms with van der Waals surface area (Å²) in [6.45, 7) is 0. The van der Waals surface area contributed by atoms with Crippen LogP contribution in [0.3, 0.4) is 0 Å². The highest BCUT2D eigenvalue weighted by Crippen LogP contribution is 2.39. The summed E-state index contributed by atoms with van der Waals surface area (Å²) >= 11 is 0. The molecule has 0 radical (unpaired) electrons. The van der Waals surface area contributed by atoms with E-state index < -0.39 is 0 Å². The van der Waals surface area contributed by atoms with E-state index in [1.54, 1.807) is 0 Å². The summed E-state index contributed by atoms with van der Waals surface area (Å²) < 4.78 is 12.7. The van der Waals surface area contributed by atoms with Gasteiger partial charge in [0.1, 0.15) is 22.3 Å². The highest BCUT2D eigenvalue weighted by molar-refractivity contribution is 6.13. The average molecular weight is 692 g/mol. The van der Waals surface area contributed by atoms with Crippen LogP contribution in [-0.4, -0.2) is 15.0 Å². The number of hydrogen-bond acceptors (Lipinski definition) is 5. The smallest absolute Gasteiger partial charge is 0.164 e. The lowest BCUT2D eigenvalue weighted by molar-refractivity contribution is 0.669. The van der Waals surface area contributed by atoms with Crippen molar-refractivity contribution >= 4 is 54.6 Å². The Morgan fingerprint density at radius 2 is 0.907 bits per heavy atom. The number of nitrogens with zero attached hydrogens (tertiary/aromatic N) is 3. The summed E-state index contributed by atoms with van der Waals surface area (Å²) in [5.41, 5.74) is 10.5. The molecule has 11 rings (SSSR count). The molecule has 0 fully saturated rings. The van der Waals surface area contributed by atoms with Gasteiger partial charge in [0.25, 0.3) is 0 Å². The molecule has 0 bridgehead atoms. The van der Waals surface area contributed by atoms with Crippen LogP contribution in [0.1, 0.15) is 0 Å². The maximum Gasteiger partial charge on any atom is 0.164 e. The van der Waals surface area contributed by atoms with Crippen LogP contribution in [0.2, 0.25) is 0 Å². The van der Waals surface area contributed by atoms with Gasteiger partial charge in [0.15, 0.2) is 17.5 Å². The largest absolute Gasteiger partial charge is 0.456 e. The lowest BCUT2D eigenvalue weighted by atomic mass is 10.00. The van der Waals surface area contributed by atoms with E-state index in [9.17, 15) is 0 Å². The Bertz CT molecular complexity index is 3210. The van der Waals surface area contributed by atoms with E-state index >= 15 is 0 Å². The summed E-state index contributed by atoms with van der Waals surface area (Å²) in [6, 6.07) is 60.5. The Kier molecular flexibility index (Phi) is 6.79. The van der Waals surface area contributed by atoms with Gasteiger partial charge in [0.05, 0.1) is 0 Å². The molecule has 3 heterocycles. The van der Waals surface area contributed by atoms with Crippen LogP contribution in [0.4, 0.5) is 0 Å². The number of hydrogen-bond donors (Lipinski definition) is 0. The van der Waals surface area contributed by atoms with Gasteiger partial charge in [0, 0.05) is 38.2 Å². The average Bonchev–Trinajstić information content (AvgIpc) is 3.81. The zero-order valence-corrected chi connectivity index (χ0v) is 28.9. The highest BCUT2D eigenvalue weighted by atomic mass is 16.3. The summed E-state index contributed by atoms with van der Waals surface area (Å²) in [5.74, 6) is 1.81. The first-order chi connectivity index (χ1) is 26.7. The molecule has 3 aromatic heterocycles. The number of furan rings is 2. The van der Waals surface area contributed by atoms with E-state index in [0.717, 1.165) is 88.2 Å². The first-order valence-electron chi connectivity index (χ1n) is 18.0. The lowest BCUT2D eigenvalue weighted by Crippen LogP contribution is -2.00. The third-order valence-electron chi connectivity index (χ3n) is 10.3. The van der Waals surface area contributed by atoms with Crippen LogP contribution in [0.15, 0.2) is 185 Å². The summed E-state index contributed by atoms with van der Waals surface area (Å²) in [6.07, 6.45) is 0. The summed E-state index contributed by atoms with van der Waals surface area (Å²) in [7, 11) is 0. The Morgan fingerprint density at radius 1 is 0.296 bits per heavy atom. The van der Waals surface area contributed by atoms with Crippen LogP contribution < -0.4 is 0 Å². The zero-order valence-electron chi connectivity index (χ0n) is 28.9. The number of para-hydroxylation sites is 1. The van der Waals surface area contributed by atoms with Crippen molar-refractivity contribution in [3.63, 3.8) is 0 Å². The molecule has 0 saturated heterocycles. The topological polar surface area (TPSA) is 65.0 Å². The minimum atomic E-state index is 0.588. The lowest BCUT2D eigenvalue weighted by Gasteiger charge is -2.10. The standard InChI is InChI=1S/C49H29N3O2/c1-2-9-30(10-3-1)32-17-20-33(21-18-32)47-50-48(37-22-19-31-11-4-5-12-34(31)27-37)52-49(51-47)40-14-8-16-44-46(40)39-25-23-36(29-45(39)54-44)35-24-26-43-41(28-35)38-13-6-7-15-42(38)53-43/h1-29H. The molecule has 11 aromatic rings. The fourth-order valence-corrected chi connectivity index (χ4v) is 7.62. The molecule has 0 spiro atoms. The molecule has 0 aliphatic rings. The monoisotopic (exact) mass is 691 g/mol. The molecule has 8 aromatic carbocycles. The molecule has 0 aliphatic carbocycles. The SMILES string of the molecule is c1ccc(-c2ccc(-c3nc(-c4ccc5ccccc5c4)nc(-c4cccc5oc6cc(-c7ccc8oc9ccccc9c8c7)ccc6c45)n3)cc2)cc1. The van der Waals surface area contributed by atoms with Crippen molar-refractivity contribution in [1.82, 2.24) is 15.0 Å². The van der Waals surface area contributed by atoms with Crippen molar-refractivity contribution < 1.29 is 8.83 Å². The minimum Gasteiger partial charge on any atom is -0.456 e. The molecule has 0 amide bonds. The van der Waals surface area contributed by atoms with Crippen LogP contribution in [-0.2, 0) is 0 Å². The molecule has 0 N–H and O–H groups in total. The van der Waals surface area contributed by atoms with Crippen molar-refractivity contribution in [1.29, 1.82) is 0 Å². The van der Waals surface area contributed by atoms with Gasteiger partial charge in [0.2, 0.25) is 0 Å². The highest BCUT2D eigenvalue weighted by Gasteiger charge is 2.19. The van der Waals surface area contributed by atoms with Crippen LogP contribution in [0.5, 0.6) is 0 Å². The van der Waals surface area contributed by atoms with Gasteiger partial charge in [-0.3, -0.25) is 0 Å². The van der Waals surface area contributed by atoms with Gasteiger partial charge in [-0.25, -0.2) is 15.0 Å². The third-order valence-corrected chi connectivity index (χ3v) is 10.3.